The molecule has 0 saturated heterocycles. The molecular weight excluding hydrogens is 765 g/mol. The molecule has 8 aromatic carbocycles. The highest BCUT2D eigenvalue weighted by atomic mass is 32.1. The molecule has 0 N–H and O–H groups in total. The zero-order valence-electron chi connectivity index (χ0n) is 35.7. The Kier molecular flexibility index (Phi) is 7.60. The van der Waals surface area contributed by atoms with Gasteiger partial charge in [0.15, 0.2) is 0 Å². The maximum Gasteiger partial charge on any atom is 0.0434 e. The van der Waals surface area contributed by atoms with Gasteiger partial charge in [0, 0.05) is 25.7 Å². The number of fused-ring (bicyclic) bond motifs is 9. The van der Waals surface area contributed by atoms with E-state index in [1.54, 1.807) is 11.1 Å². The van der Waals surface area contributed by atoms with Crippen molar-refractivity contribution in [1.82, 2.24) is 0 Å². The maximum atomic E-state index is 2.55. The summed E-state index contributed by atoms with van der Waals surface area (Å²) in [5.41, 5.74) is 8.91. The minimum Gasteiger partial charge on any atom is -0.135 e. The Balaban J connectivity index is 0.914. The molecule has 62 heavy (non-hydrogen) atoms. The van der Waals surface area contributed by atoms with E-state index in [4.69, 9.17) is 0 Å². The van der Waals surface area contributed by atoms with Gasteiger partial charge in [0.05, 0.1) is 0 Å². The molecule has 1 heterocycles. The molecule has 0 aliphatic heterocycles. The second-order valence-electron chi connectivity index (χ2n) is 21.5. The summed E-state index contributed by atoms with van der Waals surface area (Å²) in [5.74, 6) is 8.69. The number of hydrogen-bond donors (Lipinski definition) is 0. The van der Waals surface area contributed by atoms with Crippen molar-refractivity contribution in [1.29, 1.82) is 0 Å². The highest BCUT2D eigenvalue weighted by Crippen LogP contribution is 2.63. The van der Waals surface area contributed by atoms with Crippen molar-refractivity contribution in [3.63, 3.8) is 0 Å². The standard InChI is InChI=1S/C61H54S/c1-7-16-50-44(10-1)57(45-11-2-8-17-51(45)60(50)56-41-27-35-24-36(29-41)30-42(56)28-35)38-22-23-43-52-18-9-19-53(61(52)62-55(43)33-38)58-46-12-3-5-14-48(46)59(49-15-6-4-13-47(49)58)54-32-37-21-20-34-25-39(37)31-40(54)26-34/h1-19,22-23,33-37,39-42,54,56H,20-21,24-32H2. The SMILES string of the molecule is c1ccc2c(C3CC4CCC5CC4CC3C5)c3ccccc3c(-c3cccc4c3sc3cc(-c5c6ccccc6c(C6C7CC8CC(C7)CC6C8)c6ccccc56)ccc34)c2c1. The summed E-state index contributed by atoms with van der Waals surface area (Å²) in [4.78, 5) is 0. The molecule has 7 saturated carbocycles. The van der Waals surface area contributed by atoms with E-state index in [1.807, 2.05) is 11.3 Å². The van der Waals surface area contributed by atoms with Gasteiger partial charge in [0.2, 0.25) is 0 Å². The van der Waals surface area contributed by atoms with Gasteiger partial charge >= 0.3 is 0 Å². The molecule has 0 spiro atoms. The molecule has 7 fully saturated rings. The smallest absolute Gasteiger partial charge is 0.0434 e. The Hall–Kier alpha value is -4.98. The van der Waals surface area contributed by atoms with Gasteiger partial charge in [-0.2, -0.15) is 0 Å². The van der Waals surface area contributed by atoms with Gasteiger partial charge in [0.1, 0.15) is 0 Å². The van der Waals surface area contributed by atoms with Crippen LogP contribution in [0.3, 0.4) is 0 Å². The average Bonchev–Trinajstić information content (AvgIpc) is 3.68. The topological polar surface area (TPSA) is 0 Å². The maximum absolute atomic E-state index is 2.55. The van der Waals surface area contributed by atoms with Crippen molar-refractivity contribution >= 4 is 74.6 Å². The first-order valence-electron chi connectivity index (χ1n) is 24.5. The monoisotopic (exact) mass is 818 g/mol. The van der Waals surface area contributed by atoms with E-state index in [2.05, 4.69) is 133 Å². The molecule has 16 rings (SSSR count). The lowest BCUT2D eigenvalue weighted by Gasteiger charge is -2.55. The van der Waals surface area contributed by atoms with Gasteiger partial charge in [-0.15, -0.1) is 11.3 Å². The Morgan fingerprint density at radius 1 is 0.355 bits per heavy atom. The summed E-state index contributed by atoms with van der Waals surface area (Å²) in [6, 6.07) is 52.7. The number of hydrogen-bond acceptors (Lipinski definition) is 1. The lowest BCUT2D eigenvalue weighted by Crippen LogP contribution is -2.43. The largest absolute Gasteiger partial charge is 0.135 e. The van der Waals surface area contributed by atoms with Crippen LogP contribution in [0.25, 0.3) is 85.5 Å². The van der Waals surface area contributed by atoms with Crippen molar-refractivity contribution in [3.8, 4) is 22.3 Å². The number of rotatable bonds is 4. The van der Waals surface area contributed by atoms with Crippen LogP contribution < -0.4 is 0 Å². The van der Waals surface area contributed by atoms with Crippen molar-refractivity contribution < 1.29 is 0 Å². The summed E-state index contributed by atoms with van der Waals surface area (Å²) in [6.07, 6.45) is 16.0. The number of benzene rings is 8. The van der Waals surface area contributed by atoms with Gasteiger partial charge < -0.3 is 0 Å². The molecule has 9 aromatic rings. The van der Waals surface area contributed by atoms with Crippen LogP contribution in [-0.2, 0) is 0 Å². The molecule has 7 bridgehead atoms. The third-order valence-corrected chi connectivity index (χ3v) is 19.8. The molecule has 5 unspecified atom stereocenters. The third-order valence-electron chi connectivity index (χ3n) is 18.5. The first-order chi connectivity index (χ1) is 30.7. The molecule has 1 heteroatoms. The minimum absolute atomic E-state index is 0.663. The van der Waals surface area contributed by atoms with Crippen LogP contribution in [0.1, 0.15) is 93.6 Å². The van der Waals surface area contributed by atoms with Crippen LogP contribution in [0.5, 0.6) is 0 Å². The van der Waals surface area contributed by atoms with Crippen molar-refractivity contribution in [2.75, 3.05) is 0 Å². The van der Waals surface area contributed by atoms with Crippen LogP contribution >= 0.6 is 11.3 Å². The van der Waals surface area contributed by atoms with Gasteiger partial charge in [-0.3, -0.25) is 0 Å². The van der Waals surface area contributed by atoms with E-state index in [0.717, 1.165) is 47.3 Å². The van der Waals surface area contributed by atoms with Crippen LogP contribution in [0.2, 0.25) is 0 Å². The molecular formula is C61H54S. The fourth-order valence-electron chi connectivity index (χ4n) is 16.6. The molecule has 0 nitrogen and oxygen atoms in total. The second kappa shape index (κ2) is 13.3. The lowest BCUT2D eigenvalue weighted by molar-refractivity contribution is -0.00185. The van der Waals surface area contributed by atoms with Crippen LogP contribution in [0.15, 0.2) is 133 Å². The Bertz CT molecular complexity index is 3180. The van der Waals surface area contributed by atoms with Crippen molar-refractivity contribution in [2.24, 2.45) is 47.3 Å². The molecule has 5 atom stereocenters. The van der Waals surface area contributed by atoms with Crippen LogP contribution in [-0.4, -0.2) is 0 Å². The summed E-state index contributed by atoms with van der Waals surface area (Å²) < 4.78 is 2.80. The minimum atomic E-state index is 0.663. The molecule has 0 radical (unpaired) electrons. The summed E-state index contributed by atoms with van der Waals surface area (Å²) in [5, 5.41) is 14.5. The molecule has 304 valence electrons. The van der Waals surface area contributed by atoms with Crippen molar-refractivity contribution in [2.45, 2.75) is 82.5 Å². The lowest BCUT2D eigenvalue weighted by atomic mass is 9.50. The predicted octanol–water partition coefficient (Wildman–Crippen LogP) is 17.5. The average molecular weight is 819 g/mol. The summed E-state index contributed by atoms with van der Waals surface area (Å²) in [7, 11) is 0. The van der Waals surface area contributed by atoms with E-state index in [1.165, 1.54) is 156 Å². The van der Waals surface area contributed by atoms with Gasteiger partial charge in [-0.05, 0) is 200 Å². The summed E-state index contributed by atoms with van der Waals surface area (Å²) >= 11 is 2.01. The molecule has 7 aliphatic carbocycles. The molecule has 0 amide bonds. The van der Waals surface area contributed by atoms with Gasteiger partial charge in [0.25, 0.3) is 0 Å². The Labute approximate surface area is 369 Å². The first-order valence-corrected chi connectivity index (χ1v) is 25.3. The van der Waals surface area contributed by atoms with E-state index < -0.39 is 0 Å². The number of thiophene rings is 1. The zero-order chi connectivity index (χ0) is 40.2. The van der Waals surface area contributed by atoms with Gasteiger partial charge in [-0.25, -0.2) is 0 Å². The fraction of sp³-hybridized carbons (Fsp3) is 0.344. The third kappa shape index (κ3) is 5.01. The quantitative estimate of drug-likeness (QED) is 0.155. The van der Waals surface area contributed by atoms with Crippen LogP contribution in [0, 0.1) is 47.3 Å². The predicted molar refractivity (Wildman–Crippen MR) is 264 cm³/mol. The highest BCUT2D eigenvalue weighted by molar-refractivity contribution is 7.26. The van der Waals surface area contributed by atoms with E-state index >= 15 is 0 Å². The normalized spacial score (nSPS) is 29.9. The molecule has 1 aromatic heterocycles. The summed E-state index contributed by atoms with van der Waals surface area (Å²) in [6.45, 7) is 0. The van der Waals surface area contributed by atoms with Crippen LogP contribution in [0.4, 0.5) is 0 Å². The van der Waals surface area contributed by atoms with Crippen molar-refractivity contribution in [3.05, 3.63) is 145 Å². The molecule has 7 aliphatic rings. The van der Waals surface area contributed by atoms with E-state index in [0.29, 0.717) is 11.8 Å². The fourth-order valence-corrected chi connectivity index (χ4v) is 17.8. The van der Waals surface area contributed by atoms with E-state index in [9.17, 15) is 0 Å². The van der Waals surface area contributed by atoms with Gasteiger partial charge in [-0.1, -0.05) is 134 Å². The van der Waals surface area contributed by atoms with E-state index in [-0.39, 0.29) is 0 Å². The Morgan fingerprint density at radius 3 is 1.55 bits per heavy atom. The Morgan fingerprint density at radius 2 is 0.903 bits per heavy atom. The second-order valence-corrected chi connectivity index (χ2v) is 22.5. The zero-order valence-corrected chi connectivity index (χ0v) is 36.5. The first kappa shape index (κ1) is 35.5. The highest BCUT2D eigenvalue weighted by Gasteiger charge is 2.50.